The van der Waals surface area contributed by atoms with E-state index in [9.17, 15) is 19.2 Å². The van der Waals surface area contributed by atoms with Crippen LogP contribution in [0.15, 0.2) is 10.6 Å². The largest absolute Gasteiger partial charge is 0.454 e. The van der Waals surface area contributed by atoms with Crippen molar-refractivity contribution in [2.45, 2.75) is 39.2 Å². The number of imide groups is 1. The minimum absolute atomic E-state index is 0.217. The van der Waals surface area contributed by atoms with Gasteiger partial charge in [-0.15, -0.1) is 0 Å². The lowest BCUT2D eigenvalue weighted by atomic mass is 9.81. The highest BCUT2D eigenvalue weighted by molar-refractivity contribution is 6.08. The molecule has 2 aliphatic carbocycles. The zero-order valence-corrected chi connectivity index (χ0v) is 15.1. The minimum atomic E-state index is -1.04. The number of ether oxygens (including phenoxy) is 1. The lowest BCUT2D eigenvalue weighted by Gasteiger charge is -2.22. The molecule has 0 unspecified atom stereocenters. The van der Waals surface area contributed by atoms with Gasteiger partial charge >= 0.3 is 5.97 Å². The van der Waals surface area contributed by atoms with E-state index >= 15 is 0 Å². The van der Waals surface area contributed by atoms with Crippen LogP contribution in [0.1, 0.15) is 31.9 Å². The molecule has 5 atom stereocenters. The average Bonchev–Trinajstić information content (AvgIpc) is 3.38. The van der Waals surface area contributed by atoms with E-state index in [0.717, 1.165) is 24.2 Å². The summed E-state index contributed by atoms with van der Waals surface area (Å²) >= 11 is 0. The number of hydrogen-bond acceptors (Lipinski definition) is 7. The maximum atomic E-state index is 12.7. The van der Waals surface area contributed by atoms with Gasteiger partial charge in [0.2, 0.25) is 11.8 Å². The summed E-state index contributed by atoms with van der Waals surface area (Å²) in [5, 5.41) is 6.04. The number of nitrogens with zero attached hydrogens (tertiary/aromatic N) is 2. The molecule has 1 aliphatic heterocycles. The third-order valence-electron chi connectivity index (χ3n) is 5.93. The summed E-state index contributed by atoms with van der Waals surface area (Å²) in [5.74, 6) is -1.24. The maximum Gasteiger partial charge on any atom is 0.329 e. The Balaban J connectivity index is 1.34. The standard InChI is InChI=1S/C18H21N3O6/c1-8-5-12(20-27-8)19-13(22)7-26-18(25)9(2)21-16(23)14-10-3-4-11(6-10)15(14)17(21)24/h5,9-11,14-15H,3-4,6-7H2,1-2H3,(H,19,20,22)/t9-,10-,11-,14+,15+/m0/s1. The molecule has 2 saturated carbocycles. The number of hydrogen-bond donors (Lipinski definition) is 1. The van der Waals surface area contributed by atoms with Gasteiger partial charge in [0.15, 0.2) is 12.4 Å². The molecule has 0 aromatic carbocycles. The highest BCUT2D eigenvalue weighted by atomic mass is 16.5. The van der Waals surface area contributed by atoms with Crippen LogP contribution >= 0.6 is 0 Å². The molecular formula is C18H21N3O6. The zero-order valence-electron chi connectivity index (χ0n) is 15.1. The van der Waals surface area contributed by atoms with Crippen LogP contribution in [-0.4, -0.2) is 46.4 Å². The van der Waals surface area contributed by atoms with Crippen molar-refractivity contribution in [1.29, 1.82) is 0 Å². The molecule has 0 spiro atoms. The van der Waals surface area contributed by atoms with Crippen molar-refractivity contribution in [2.24, 2.45) is 23.7 Å². The molecule has 1 aromatic rings. The SMILES string of the molecule is Cc1cc(NC(=O)COC(=O)[C@H](C)N2C(=O)[C@@H]3[C@H]4CC[C@@H](C4)[C@H]3C2=O)no1. The molecule has 0 radical (unpaired) electrons. The number of aryl methyl sites for hydroxylation is 1. The first-order valence-electron chi connectivity index (χ1n) is 9.13. The number of fused-ring (bicyclic) bond motifs is 5. The fraction of sp³-hybridized carbons (Fsp3) is 0.611. The van der Waals surface area contributed by atoms with Crippen molar-refractivity contribution >= 4 is 29.5 Å². The molecule has 2 heterocycles. The van der Waals surface area contributed by atoms with Crippen LogP contribution in [0.4, 0.5) is 5.82 Å². The van der Waals surface area contributed by atoms with E-state index in [4.69, 9.17) is 9.26 Å². The van der Waals surface area contributed by atoms with Crippen LogP contribution in [-0.2, 0) is 23.9 Å². The lowest BCUT2D eigenvalue weighted by Crippen LogP contribution is -2.45. The van der Waals surface area contributed by atoms with Gasteiger partial charge in [-0.2, -0.15) is 0 Å². The Morgan fingerprint density at radius 2 is 1.93 bits per heavy atom. The monoisotopic (exact) mass is 375 g/mol. The predicted molar refractivity (Wildman–Crippen MR) is 90.0 cm³/mol. The van der Waals surface area contributed by atoms with Gasteiger partial charge in [0, 0.05) is 6.07 Å². The number of aromatic nitrogens is 1. The van der Waals surface area contributed by atoms with E-state index < -0.39 is 24.5 Å². The van der Waals surface area contributed by atoms with Crippen LogP contribution in [0.25, 0.3) is 0 Å². The first-order valence-corrected chi connectivity index (χ1v) is 9.13. The molecule has 3 aliphatic rings. The van der Waals surface area contributed by atoms with Crippen LogP contribution in [0, 0.1) is 30.6 Å². The number of amides is 3. The Labute approximate surface area is 155 Å². The first kappa shape index (κ1) is 17.7. The Morgan fingerprint density at radius 1 is 1.30 bits per heavy atom. The molecule has 4 rings (SSSR count). The fourth-order valence-electron chi connectivity index (χ4n) is 4.78. The molecule has 3 fully saturated rings. The number of likely N-dealkylation sites (tertiary alicyclic amines) is 1. The van der Waals surface area contributed by atoms with E-state index in [-0.39, 0.29) is 41.3 Å². The van der Waals surface area contributed by atoms with Gasteiger partial charge in [-0.3, -0.25) is 19.3 Å². The van der Waals surface area contributed by atoms with Gasteiger partial charge in [0.1, 0.15) is 11.8 Å². The van der Waals surface area contributed by atoms with Gasteiger partial charge in [-0.1, -0.05) is 5.16 Å². The van der Waals surface area contributed by atoms with E-state index in [1.54, 1.807) is 6.92 Å². The Hall–Kier alpha value is -2.71. The molecule has 1 saturated heterocycles. The minimum Gasteiger partial charge on any atom is -0.454 e. The number of carbonyl (C=O) groups is 4. The van der Waals surface area contributed by atoms with E-state index in [0.29, 0.717) is 5.76 Å². The summed E-state index contributed by atoms with van der Waals surface area (Å²) in [6, 6.07) is 0.480. The first-order chi connectivity index (χ1) is 12.9. The third kappa shape index (κ3) is 2.90. The second-order valence-corrected chi connectivity index (χ2v) is 7.59. The molecule has 3 amide bonds. The molecular weight excluding hydrogens is 354 g/mol. The fourth-order valence-corrected chi connectivity index (χ4v) is 4.78. The summed E-state index contributed by atoms with van der Waals surface area (Å²) in [6.45, 7) is 2.60. The number of carbonyl (C=O) groups excluding carboxylic acids is 4. The summed E-state index contributed by atoms with van der Waals surface area (Å²) in [7, 11) is 0. The predicted octanol–water partition coefficient (Wildman–Crippen LogP) is 0.884. The van der Waals surface area contributed by atoms with Crippen molar-refractivity contribution in [2.75, 3.05) is 11.9 Å². The van der Waals surface area contributed by atoms with Crippen LogP contribution in [0.3, 0.4) is 0 Å². The normalized spacial score (nSPS) is 29.8. The van der Waals surface area contributed by atoms with Crippen LogP contribution in [0.5, 0.6) is 0 Å². The van der Waals surface area contributed by atoms with Crippen LogP contribution in [0.2, 0.25) is 0 Å². The van der Waals surface area contributed by atoms with Gasteiger partial charge in [-0.05, 0) is 44.9 Å². The molecule has 144 valence electrons. The summed E-state index contributed by atoms with van der Waals surface area (Å²) < 4.78 is 9.81. The maximum absolute atomic E-state index is 12.7. The molecule has 2 bridgehead atoms. The van der Waals surface area contributed by atoms with Gasteiger partial charge in [0.05, 0.1) is 11.8 Å². The van der Waals surface area contributed by atoms with Crippen molar-refractivity contribution in [3.8, 4) is 0 Å². The number of esters is 1. The zero-order chi connectivity index (χ0) is 19.3. The van der Waals surface area contributed by atoms with Crippen molar-refractivity contribution < 1.29 is 28.4 Å². The Morgan fingerprint density at radius 3 is 2.48 bits per heavy atom. The van der Waals surface area contributed by atoms with Crippen LogP contribution < -0.4 is 5.32 Å². The molecule has 1 N–H and O–H groups in total. The highest BCUT2D eigenvalue weighted by Crippen LogP contribution is 2.56. The smallest absolute Gasteiger partial charge is 0.329 e. The molecule has 27 heavy (non-hydrogen) atoms. The third-order valence-corrected chi connectivity index (χ3v) is 5.93. The van der Waals surface area contributed by atoms with E-state index in [2.05, 4.69) is 10.5 Å². The van der Waals surface area contributed by atoms with E-state index in [1.807, 2.05) is 0 Å². The topological polar surface area (TPSA) is 119 Å². The Bertz CT molecular complexity index is 790. The summed E-state index contributed by atoms with van der Waals surface area (Å²) in [6.07, 6.45) is 2.87. The quantitative estimate of drug-likeness (QED) is 0.599. The number of rotatable bonds is 5. The highest BCUT2D eigenvalue weighted by Gasteiger charge is 2.62. The van der Waals surface area contributed by atoms with Gasteiger partial charge in [-0.25, -0.2) is 4.79 Å². The second kappa shape index (κ2) is 6.47. The average molecular weight is 375 g/mol. The summed E-state index contributed by atoms with van der Waals surface area (Å²) in [5.41, 5.74) is 0. The lowest BCUT2D eigenvalue weighted by molar-refractivity contribution is -0.159. The van der Waals surface area contributed by atoms with E-state index in [1.165, 1.54) is 13.0 Å². The second-order valence-electron chi connectivity index (χ2n) is 7.59. The van der Waals surface area contributed by atoms with Gasteiger partial charge in [0.25, 0.3) is 5.91 Å². The molecule has 9 heteroatoms. The number of nitrogens with one attached hydrogen (secondary N) is 1. The molecule has 9 nitrogen and oxygen atoms in total. The van der Waals surface area contributed by atoms with Crippen molar-refractivity contribution in [3.05, 3.63) is 11.8 Å². The van der Waals surface area contributed by atoms with Crippen molar-refractivity contribution in [1.82, 2.24) is 10.1 Å². The van der Waals surface area contributed by atoms with Crippen molar-refractivity contribution in [3.63, 3.8) is 0 Å². The Kier molecular flexibility index (Phi) is 4.24. The number of anilines is 1. The molecule has 1 aromatic heterocycles. The van der Waals surface area contributed by atoms with Gasteiger partial charge < -0.3 is 14.6 Å². The summed E-state index contributed by atoms with van der Waals surface area (Å²) in [4.78, 5) is 50.6.